The molecule has 0 aromatic heterocycles. The lowest BCUT2D eigenvalue weighted by Gasteiger charge is -2.20. The summed E-state index contributed by atoms with van der Waals surface area (Å²) in [6.45, 7) is 5.27. The number of rotatable bonds is 4. The highest BCUT2D eigenvalue weighted by atomic mass is 16.6. The fraction of sp³-hybridized carbons (Fsp3) is 0.889. The van der Waals surface area contributed by atoms with Gasteiger partial charge in [-0.25, -0.2) is 4.79 Å². The first-order valence-corrected chi connectivity index (χ1v) is 4.61. The maximum Gasteiger partial charge on any atom is 0.407 e. The molecule has 0 unspecified atom stereocenters. The second kappa shape index (κ2) is 5.82. The molecule has 1 amide bonds. The molecule has 14 heavy (non-hydrogen) atoms. The molecule has 1 atom stereocenters. The third-order valence-corrected chi connectivity index (χ3v) is 1.34. The number of amides is 1. The Morgan fingerprint density at radius 2 is 2.07 bits per heavy atom. The topological polar surface area (TPSA) is 78.8 Å². The minimum atomic E-state index is -0.729. The van der Waals surface area contributed by atoms with Crippen LogP contribution in [0.4, 0.5) is 4.79 Å². The molecule has 0 bridgehead atoms. The summed E-state index contributed by atoms with van der Waals surface area (Å²) in [5, 5.41) is 20.1. The van der Waals surface area contributed by atoms with E-state index >= 15 is 0 Å². The molecule has 3 N–H and O–H groups in total. The standard InChI is InChI=1S/C9H19NO4/c1-9(2,3)14-8(13)10-6-7(12)4-5-11/h7,11-12H,4-6H2,1-3H3,(H,10,13)/t7-/m1/s1. The number of hydrogen-bond acceptors (Lipinski definition) is 4. The lowest BCUT2D eigenvalue weighted by atomic mass is 10.2. The molecule has 0 saturated carbocycles. The van der Waals surface area contributed by atoms with Crippen LogP contribution in [0.2, 0.25) is 0 Å². The molecule has 0 aliphatic carbocycles. The van der Waals surface area contributed by atoms with Gasteiger partial charge in [0.1, 0.15) is 5.60 Å². The zero-order valence-corrected chi connectivity index (χ0v) is 8.91. The van der Waals surface area contributed by atoms with E-state index in [1.807, 2.05) is 0 Å². The first kappa shape index (κ1) is 13.2. The summed E-state index contributed by atoms with van der Waals surface area (Å²) in [5.41, 5.74) is -0.536. The van der Waals surface area contributed by atoms with Crippen molar-refractivity contribution < 1.29 is 19.7 Å². The highest BCUT2D eigenvalue weighted by Gasteiger charge is 2.16. The van der Waals surface area contributed by atoms with Gasteiger partial charge in [0, 0.05) is 13.2 Å². The fourth-order valence-electron chi connectivity index (χ4n) is 0.766. The van der Waals surface area contributed by atoms with E-state index in [0.717, 1.165) is 0 Å². The lowest BCUT2D eigenvalue weighted by Crippen LogP contribution is -2.37. The van der Waals surface area contributed by atoms with E-state index in [0.29, 0.717) is 0 Å². The number of nitrogens with one attached hydrogen (secondary N) is 1. The molecule has 0 aliphatic heterocycles. The number of alkyl carbamates (subject to hydrolysis) is 1. The molecule has 0 aliphatic rings. The summed E-state index contributed by atoms with van der Waals surface area (Å²) in [6, 6.07) is 0. The quantitative estimate of drug-likeness (QED) is 0.615. The number of hydrogen-bond donors (Lipinski definition) is 3. The van der Waals surface area contributed by atoms with Gasteiger partial charge in [-0.3, -0.25) is 0 Å². The van der Waals surface area contributed by atoms with Crippen LogP contribution in [0.1, 0.15) is 27.2 Å². The average Bonchev–Trinajstić information content (AvgIpc) is 1.98. The summed E-state index contributed by atoms with van der Waals surface area (Å²) in [5.74, 6) is 0. The van der Waals surface area contributed by atoms with Crippen LogP contribution >= 0.6 is 0 Å². The monoisotopic (exact) mass is 205 g/mol. The Morgan fingerprint density at radius 1 is 1.50 bits per heavy atom. The summed E-state index contributed by atoms with van der Waals surface area (Å²) in [6.07, 6.45) is -1.04. The van der Waals surface area contributed by atoms with Gasteiger partial charge in [0.15, 0.2) is 0 Å². The Bertz CT molecular complexity index is 176. The largest absolute Gasteiger partial charge is 0.444 e. The van der Waals surface area contributed by atoms with Crippen molar-refractivity contribution in [3.63, 3.8) is 0 Å². The van der Waals surface area contributed by atoms with E-state index in [-0.39, 0.29) is 19.6 Å². The van der Waals surface area contributed by atoms with Gasteiger partial charge in [-0.2, -0.15) is 0 Å². The summed E-state index contributed by atoms with van der Waals surface area (Å²) >= 11 is 0. The molecule has 5 heteroatoms. The molecule has 0 radical (unpaired) electrons. The van der Waals surface area contributed by atoms with Crippen LogP contribution in [0.3, 0.4) is 0 Å². The summed E-state index contributed by atoms with van der Waals surface area (Å²) in [4.78, 5) is 11.1. The minimum absolute atomic E-state index is 0.0927. The summed E-state index contributed by atoms with van der Waals surface area (Å²) < 4.78 is 4.94. The molecule has 84 valence electrons. The Hall–Kier alpha value is -0.810. The van der Waals surface area contributed by atoms with E-state index < -0.39 is 17.8 Å². The van der Waals surface area contributed by atoms with Crippen molar-refractivity contribution in [3.8, 4) is 0 Å². The van der Waals surface area contributed by atoms with Crippen LogP contribution < -0.4 is 5.32 Å². The smallest absolute Gasteiger partial charge is 0.407 e. The zero-order valence-electron chi connectivity index (χ0n) is 8.91. The van der Waals surface area contributed by atoms with Gasteiger partial charge in [-0.1, -0.05) is 0 Å². The van der Waals surface area contributed by atoms with Crippen LogP contribution in [-0.2, 0) is 4.74 Å². The maximum atomic E-state index is 11.1. The van der Waals surface area contributed by atoms with Gasteiger partial charge in [0.05, 0.1) is 6.10 Å². The number of carbonyl (C=O) groups is 1. The molecule has 0 heterocycles. The van der Waals surface area contributed by atoms with Gasteiger partial charge in [0.25, 0.3) is 0 Å². The molecule has 5 nitrogen and oxygen atoms in total. The number of carbonyl (C=O) groups excluding carboxylic acids is 1. The van der Waals surface area contributed by atoms with Crippen molar-refractivity contribution in [2.75, 3.05) is 13.2 Å². The van der Waals surface area contributed by atoms with E-state index in [9.17, 15) is 4.79 Å². The van der Waals surface area contributed by atoms with Crippen molar-refractivity contribution in [2.24, 2.45) is 0 Å². The second-order valence-electron chi connectivity index (χ2n) is 4.05. The van der Waals surface area contributed by atoms with Gasteiger partial charge >= 0.3 is 6.09 Å². The Kier molecular flexibility index (Phi) is 5.49. The van der Waals surface area contributed by atoms with Crippen molar-refractivity contribution in [1.29, 1.82) is 0 Å². The minimum Gasteiger partial charge on any atom is -0.444 e. The normalized spacial score (nSPS) is 13.5. The highest BCUT2D eigenvalue weighted by molar-refractivity contribution is 5.67. The molecule has 0 aromatic rings. The van der Waals surface area contributed by atoms with Crippen LogP contribution in [0.15, 0.2) is 0 Å². The molecule has 0 rings (SSSR count). The van der Waals surface area contributed by atoms with Crippen LogP contribution in [0.25, 0.3) is 0 Å². The maximum absolute atomic E-state index is 11.1. The predicted octanol–water partition coefficient (Wildman–Crippen LogP) is 0.254. The Balaban J connectivity index is 3.64. The molecule has 0 aromatic carbocycles. The average molecular weight is 205 g/mol. The summed E-state index contributed by atoms with van der Waals surface area (Å²) in [7, 11) is 0. The molecular weight excluding hydrogens is 186 g/mol. The fourth-order valence-corrected chi connectivity index (χ4v) is 0.766. The number of aliphatic hydroxyl groups excluding tert-OH is 2. The van der Waals surface area contributed by atoms with Crippen molar-refractivity contribution in [3.05, 3.63) is 0 Å². The molecule has 0 fully saturated rings. The zero-order chi connectivity index (χ0) is 11.2. The molecule has 0 saturated heterocycles. The van der Waals surface area contributed by atoms with Gasteiger partial charge in [-0.05, 0) is 27.2 Å². The number of ether oxygens (including phenoxy) is 1. The Labute approximate surface area is 84.1 Å². The first-order valence-electron chi connectivity index (χ1n) is 4.61. The first-order chi connectivity index (χ1) is 6.35. The van der Waals surface area contributed by atoms with E-state index in [1.54, 1.807) is 20.8 Å². The molecule has 0 spiro atoms. The van der Waals surface area contributed by atoms with Crippen molar-refractivity contribution >= 4 is 6.09 Å². The highest BCUT2D eigenvalue weighted by Crippen LogP contribution is 2.06. The van der Waals surface area contributed by atoms with Gasteiger partial charge in [-0.15, -0.1) is 0 Å². The van der Waals surface area contributed by atoms with E-state index in [2.05, 4.69) is 5.32 Å². The van der Waals surface area contributed by atoms with Crippen molar-refractivity contribution in [2.45, 2.75) is 38.9 Å². The van der Waals surface area contributed by atoms with Crippen molar-refractivity contribution in [1.82, 2.24) is 5.32 Å². The third kappa shape index (κ3) is 7.82. The van der Waals surface area contributed by atoms with E-state index in [4.69, 9.17) is 14.9 Å². The second-order valence-corrected chi connectivity index (χ2v) is 4.05. The van der Waals surface area contributed by atoms with Crippen LogP contribution in [0, 0.1) is 0 Å². The van der Waals surface area contributed by atoms with Crippen LogP contribution in [-0.4, -0.2) is 41.2 Å². The lowest BCUT2D eigenvalue weighted by molar-refractivity contribution is 0.0479. The predicted molar refractivity (Wildman–Crippen MR) is 51.9 cm³/mol. The molecular formula is C9H19NO4. The van der Waals surface area contributed by atoms with Crippen LogP contribution in [0.5, 0.6) is 0 Å². The third-order valence-electron chi connectivity index (χ3n) is 1.34. The number of aliphatic hydroxyl groups is 2. The van der Waals surface area contributed by atoms with Gasteiger partial charge < -0.3 is 20.3 Å². The Morgan fingerprint density at radius 3 is 2.50 bits per heavy atom. The SMILES string of the molecule is CC(C)(C)OC(=O)NC[C@H](O)CCO. The van der Waals surface area contributed by atoms with E-state index in [1.165, 1.54) is 0 Å². The van der Waals surface area contributed by atoms with Gasteiger partial charge in [0.2, 0.25) is 0 Å².